The first-order valence-electron chi connectivity index (χ1n) is 6.67. The van der Waals surface area contributed by atoms with Crippen molar-refractivity contribution in [3.05, 3.63) is 28.5 Å². The molecule has 2 aromatic rings. The van der Waals surface area contributed by atoms with Crippen molar-refractivity contribution in [1.29, 1.82) is 0 Å². The maximum Gasteiger partial charge on any atom is 0.241 e. The van der Waals surface area contributed by atoms with E-state index in [1.54, 1.807) is 28.4 Å². The standard InChI is InChI=1S/C13H19N5O2S/c1-9(12-6-15-10(2)21-12)17-11-5-16-18(7-11)8-13(20)14-3-4-19/h5-7,9,17,19H,3-4,8H2,1-2H3,(H,14,20). The molecule has 21 heavy (non-hydrogen) atoms. The van der Waals surface area contributed by atoms with Crippen LogP contribution in [-0.2, 0) is 11.3 Å². The smallest absolute Gasteiger partial charge is 0.241 e. The normalized spacial score (nSPS) is 12.1. The number of aryl methyl sites for hydroxylation is 1. The van der Waals surface area contributed by atoms with E-state index in [-0.39, 0.29) is 31.6 Å². The Morgan fingerprint density at radius 1 is 1.52 bits per heavy atom. The fourth-order valence-corrected chi connectivity index (χ4v) is 2.61. The summed E-state index contributed by atoms with van der Waals surface area (Å²) < 4.78 is 1.56. The predicted molar refractivity (Wildman–Crippen MR) is 81.2 cm³/mol. The first-order chi connectivity index (χ1) is 10.1. The first-order valence-corrected chi connectivity index (χ1v) is 7.49. The molecule has 1 atom stereocenters. The van der Waals surface area contributed by atoms with Crippen molar-refractivity contribution in [2.24, 2.45) is 0 Å². The van der Waals surface area contributed by atoms with Gasteiger partial charge in [-0.2, -0.15) is 5.10 Å². The molecule has 3 N–H and O–H groups in total. The van der Waals surface area contributed by atoms with Gasteiger partial charge in [0.2, 0.25) is 5.91 Å². The van der Waals surface area contributed by atoms with Crippen molar-refractivity contribution in [2.75, 3.05) is 18.5 Å². The van der Waals surface area contributed by atoms with E-state index in [1.165, 1.54) is 0 Å². The van der Waals surface area contributed by atoms with Crippen LogP contribution in [0.4, 0.5) is 5.69 Å². The number of aliphatic hydroxyl groups excluding tert-OH is 1. The Labute approximate surface area is 127 Å². The second-order valence-electron chi connectivity index (χ2n) is 4.65. The summed E-state index contributed by atoms with van der Waals surface area (Å²) in [6.45, 7) is 4.36. The largest absolute Gasteiger partial charge is 0.395 e. The van der Waals surface area contributed by atoms with Gasteiger partial charge in [-0.05, 0) is 13.8 Å². The summed E-state index contributed by atoms with van der Waals surface area (Å²) in [4.78, 5) is 16.9. The molecule has 0 saturated heterocycles. The van der Waals surface area contributed by atoms with Crippen molar-refractivity contribution in [2.45, 2.75) is 26.4 Å². The minimum absolute atomic E-state index is 0.0660. The molecule has 0 radical (unpaired) electrons. The molecule has 2 rings (SSSR count). The van der Waals surface area contributed by atoms with E-state index in [0.29, 0.717) is 0 Å². The number of rotatable bonds is 7. The molecule has 0 aliphatic rings. The lowest BCUT2D eigenvalue weighted by Crippen LogP contribution is -2.30. The number of hydrogen-bond acceptors (Lipinski definition) is 6. The lowest BCUT2D eigenvalue weighted by atomic mass is 10.3. The van der Waals surface area contributed by atoms with Gasteiger partial charge < -0.3 is 15.7 Å². The molecule has 114 valence electrons. The maximum atomic E-state index is 11.5. The highest BCUT2D eigenvalue weighted by Crippen LogP contribution is 2.23. The van der Waals surface area contributed by atoms with Crippen molar-refractivity contribution < 1.29 is 9.90 Å². The second-order valence-corrected chi connectivity index (χ2v) is 5.91. The van der Waals surface area contributed by atoms with Crippen molar-refractivity contribution >= 4 is 22.9 Å². The quantitative estimate of drug-likeness (QED) is 0.707. The molecule has 0 spiro atoms. The first kappa shape index (κ1) is 15.5. The molecule has 1 amide bonds. The lowest BCUT2D eigenvalue weighted by Gasteiger charge is -2.10. The van der Waals surface area contributed by atoms with E-state index in [9.17, 15) is 4.79 Å². The Balaban J connectivity index is 1.89. The summed E-state index contributed by atoms with van der Waals surface area (Å²) in [7, 11) is 0. The van der Waals surface area contributed by atoms with Crippen molar-refractivity contribution in [3.63, 3.8) is 0 Å². The summed E-state index contributed by atoms with van der Waals surface area (Å²) in [5.74, 6) is -0.176. The van der Waals surface area contributed by atoms with Crippen molar-refractivity contribution in [1.82, 2.24) is 20.1 Å². The third-order valence-electron chi connectivity index (χ3n) is 2.82. The minimum Gasteiger partial charge on any atom is -0.395 e. The summed E-state index contributed by atoms with van der Waals surface area (Å²) in [5.41, 5.74) is 0.850. The summed E-state index contributed by atoms with van der Waals surface area (Å²) in [6, 6.07) is 0.136. The van der Waals surface area contributed by atoms with Gasteiger partial charge in [0, 0.05) is 23.8 Å². The Morgan fingerprint density at radius 2 is 2.33 bits per heavy atom. The van der Waals surface area contributed by atoms with Gasteiger partial charge >= 0.3 is 0 Å². The van der Waals surface area contributed by atoms with Crippen LogP contribution in [0.1, 0.15) is 22.9 Å². The van der Waals surface area contributed by atoms with E-state index in [0.717, 1.165) is 15.6 Å². The van der Waals surface area contributed by atoms with Crippen LogP contribution < -0.4 is 10.6 Å². The minimum atomic E-state index is -0.176. The van der Waals surface area contributed by atoms with Crippen LogP contribution in [0.3, 0.4) is 0 Å². The Hall–Kier alpha value is -1.93. The molecule has 8 heteroatoms. The van der Waals surface area contributed by atoms with Gasteiger partial charge in [0.25, 0.3) is 0 Å². The van der Waals surface area contributed by atoms with Crippen LogP contribution in [0, 0.1) is 6.92 Å². The average Bonchev–Trinajstić information content (AvgIpc) is 3.06. The topological polar surface area (TPSA) is 92.1 Å². The van der Waals surface area contributed by atoms with Gasteiger partial charge in [-0.1, -0.05) is 0 Å². The molecular weight excluding hydrogens is 290 g/mol. The number of nitrogens with one attached hydrogen (secondary N) is 2. The maximum absolute atomic E-state index is 11.5. The number of anilines is 1. The highest BCUT2D eigenvalue weighted by atomic mass is 32.1. The molecule has 2 heterocycles. The number of amides is 1. The predicted octanol–water partition coefficient (Wildman–Crippen LogP) is 0.930. The molecule has 1 unspecified atom stereocenters. The zero-order chi connectivity index (χ0) is 15.2. The lowest BCUT2D eigenvalue weighted by molar-refractivity contribution is -0.122. The number of carbonyl (C=O) groups excluding carboxylic acids is 1. The van der Waals surface area contributed by atoms with Gasteiger partial charge in [-0.25, -0.2) is 4.98 Å². The van der Waals surface area contributed by atoms with Crippen LogP contribution in [0.5, 0.6) is 0 Å². The number of carbonyl (C=O) groups is 1. The molecule has 0 fully saturated rings. The molecule has 0 bridgehead atoms. The van der Waals surface area contributed by atoms with Gasteiger partial charge in [-0.15, -0.1) is 11.3 Å². The van der Waals surface area contributed by atoms with Gasteiger partial charge in [0.1, 0.15) is 6.54 Å². The Morgan fingerprint density at radius 3 is 3.00 bits per heavy atom. The summed E-state index contributed by atoms with van der Waals surface area (Å²) >= 11 is 1.65. The monoisotopic (exact) mass is 309 g/mol. The third kappa shape index (κ3) is 4.54. The molecule has 0 aromatic carbocycles. The molecule has 2 aromatic heterocycles. The van der Waals surface area contributed by atoms with Gasteiger partial charge in [0.15, 0.2) is 0 Å². The van der Waals surface area contributed by atoms with Crippen LogP contribution >= 0.6 is 11.3 Å². The zero-order valence-corrected chi connectivity index (χ0v) is 12.9. The highest BCUT2D eigenvalue weighted by molar-refractivity contribution is 7.11. The van der Waals surface area contributed by atoms with E-state index in [4.69, 9.17) is 5.11 Å². The number of thiazole rings is 1. The fraction of sp³-hybridized carbons (Fsp3) is 0.462. The molecular formula is C13H19N5O2S. The van der Waals surface area contributed by atoms with Gasteiger partial charge in [0.05, 0.1) is 29.5 Å². The van der Waals surface area contributed by atoms with E-state index >= 15 is 0 Å². The Kier molecular flexibility index (Phi) is 5.29. The number of aliphatic hydroxyl groups is 1. The number of nitrogens with zero attached hydrogens (tertiary/aromatic N) is 3. The number of aromatic nitrogens is 3. The third-order valence-corrected chi connectivity index (χ3v) is 3.92. The van der Waals surface area contributed by atoms with E-state index < -0.39 is 0 Å². The molecule has 0 saturated carbocycles. The average molecular weight is 309 g/mol. The van der Waals surface area contributed by atoms with Crippen LogP contribution in [0.2, 0.25) is 0 Å². The number of hydrogen-bond donors (Lipinski definition) is 3. The highest BCUT2D eigenvalue weighted by Gasteiger charge is 2.10. The molecule has 0 aliphatic carbocycles. The Bertz CT molecular complexity index is 595. The molecule has 7 nitrogen and oxygen atoms in total. The van der Waals surface area contributed by atoms with Crippen molar-refractivity contribution in [3.8, 4) is 0 Å². The van der Waals surface area contributed by atoms with E-state index in [1.807, 2.05) is 13.1 Å². The SMILES string of the molecule is Cc1ncc(C(C)Nc2cnn(CC(=O)NCCO)c2)s1. The van der Waals surface area contributed by atoms with E-state index in [2.05, 4.69) is 27.6 Å². The zero-order valence-electron chi connectivity index (χ0n) is 12.0. The van der Waals surface area contributed by atoms with Crippen LogP contribution in [-0.4, -0.2) is 38.9 Å². The van der Waals surface area contributed by atoms with Crippen LogP contribution in [0.25, 0.3) is 0 Å². The second kappa shape index (κ2) is 7.19. The van der Waals surface area contributed by atoms with Gasteiger partial charge in [-0.3, -0.25) is 9.48 Å². The summed E-state index contributed by atoms with van der Waals surface area (Å²) in [5, 5.41) is 19.7. The van der Waals surface area contributed by atoms with Crippen LogP contribution in [0.15, 0.2) is 18.6 Å². The summed E-state index contributed by atoms with van der Waals surface area (Å²) in [6.07, 6.45) is 5.33. The fourth-order valence-electron chi connectivity index (χ4n) is 1.82. The molecule has 0 aliphatic heterocycles.